The van der Waals surface area contributed by atoms with Crippen LogP contribution in [0.4, 0.5) is 0 Å². The average Bonchev–Trinajstić information content (AvgIpc) is 3.19. The first-order chi connectivity index (χ1) is 10.4. The van der Waals surface area contributed by atoms with Gasteiger partial charge >= 0.3 is 0 Å². The molecule has 5 nitrogen and oxygen atoms in total. The van der Waals surface area contributed by atoms with Gasteiger partial charge in [0, 0.05) is 39.1 Å². The van der Waals surface area contributed by atoms with Crippen LogP contribution in [0.25, 0.3) is 0 Å². The van der Waals surface area contributed by atoms with E-state index < -0.39 is 0 Å². The van der Waals surface area contributed by atoms with Crippen molar-refractivity contribution in [3.8, 4) is 0 Å². The summed E-state index contributed by atoms with van der Waals surface area (Å²) in [4.78, 5) is 4.26. The zero-order valence-corrected chi connectivity index (χ0v) is 13.2. The molecule has 0 bridgehead atoms. The molecule has 2 rings (SSSR count). The fraction of sp³-hybridized carbons (Fsp3) is 0.750. The topological polar surface area (TPSA) is 54.2 Å². The molecule has 21 heavy (non-hydrogen) atoms. The van der Waals surface area contributed by atoms with Crippen LogP contribution >= 0.6 is 0 Å². The molecule has 0 atom stereocenters. The largest absolute Gasteiger partial charge is 0.356 e. The predicted molar refractivity (Wildman–Crippen MR) is 87.4 cm³/mol. The number of aliphatic imine (C=N–C) groups is 1. The third-order valence-electron chi connectivity index (χ3n) is 4.20. The monoisotopic (exact) mass is 291 g/mol. The summed E-state index contributed by atoms with van der Waals surface area (Å²) in [5.41, 5.74) is 0. The number of guanidine groups is 1. The molecule has 1 aromatic heterocycles. The Hall–Kier alpha value is -1.52. The van der Waals surface area contributed by atoms with Gasteiger partial charge < -0.3 is 10.6 Å². The number of hydrogen-bond acceptors (Lipinski definition) is 2. The van der Waals surface area contributed by atoms with Crippen LogP contribution in [-0.4, -0.2) is 35.9 Å². The smallest absolute Gasteiger partial charge is 0.190 e. The lowest BCUT2D eigenvalue weighted by molar-refractivity contribution is 0.481. The minimum absolute atomic E-state index is 0.918. The molecular formula is C16H29N5. The maximum absolute atomic E-state index is 4.26. The fourth-order valence-electron chi connectivity index (χ4n) is 3.00. The zero-order chi connectivity index (χ0) is 14.8. The lowest BCUT2D eigenvalue weighted by atomic mass is 10.0. The molecule has 118 valence electrons. The first-order valence-electron chi connectivity index (χ1n) is 8.30. The number of hydrogen-bond donors (Lipinski definition) is 2. The highest BCUT2D eigenvalue weighted by Crippen LogP contribution is 2.28. The molecule has 0 amide bonds. The summed E-state index contributed by atoms with van der Waals surface area (Å²) in [5.74, 6) is 1.90. The van der Waals surface area contributed by atoms with Crippen molar-refractivity contribution in [2.24, 2.45) is 10.9 Å². The van der Waals surface area contributed by atoms with Crippen LogP contribution < -0.4 is 10.6 Å². The average molecular weight is 291 g/mol. The first-order valence-corrected chi connectivity index (χ1v) is 8.30. The summed E-state index contributed by atoms with van der Waals surface area (Å²) in [6.07, 6.45) is 13.2. The molecule has 1 aliphatic carbocycles. The minimum Gasteiger partial charge on any atom is -0.356 e. The zero-order valence-electron chi connectivity index (χ0n) is 13.2. The lowest BCUT2D eigenvalue weighted by Crippen LogP contribution is -2.38. The standard InChI is InChI=1S/C16H29N5/c1-17-16(18-10-4-9-15-7-2-3-8-15)19-11-5-13-21-14-6-12-20-21/h6,12,14-15H,2-5,7-11,13H2,1H3,(H2,17,18,19). The second kappa shape index (κ2) is 9.42. The van der Waals surface area contributed by atoms with E-state index in [0.29, 0.717) is 0 Å². The normalized spacial score (nSPS) is 16.3. The van der Waals surface area contributed by atoms with E-state index in [1.165, 1.54) is 38.5 Å². The Morgan fingerprint density at radius 3 is 2.67 bits per heavy atom. The molecule has 0 aliphatic heterocycles. The highest BCUT2D eigenvalue weighted by atomic mass is 15.3. The molecule has 0 radical (unpaired) electrons. The minimum atomic E-state index is 0.918. The summed E-state index contributed by atoms with van der Waals surface area (Å²) in [7, 11) is 1.83. The van der Waals surface area contributed by atoms with E-state index in [1.54, 1.807) is 0 Å². The maximum atomic E-state index is 4.26. The van der Waals surface area contributed by atoms with Gasteiger partial charge in [-0.25, -0.2) is 0 Å². The Balaban J connectivity index is 1.49. The molecule has 0 unspecified atom stereocenters. The van der Waals surface area contributed by atoms with Crippen LogP contribution in [0.15, 0.2) is 23.5 Å². The quantitative estimate of drug-likeness (QED) is 0.439. The molecule has 0 spiro atoms. The summed E-state index contributed by atoms with van der Waals surface area (Å²) in [5, 5.41) is 11.0. The first kappa shape index (κ1) is 15.9. The second-order valence-electron chi connectivity index (χ2n) is 5.84. The van der Waals surface area contributed by atoms with Crippen molar-refractivity contribution in [2.45, 2.75) is 51.5 Å². The van der Waals surface area contributed by atoms with Crippen LogP contribution in [0.3, 0.4) is 0 Å². The molecule has 1 fully saturated rings. The maximum Gasteiger partial charge on any atom is 0.190 e. The van der Waals surface area contributed by atoms with E-state index in [1.807, 2.05) is 30.2 Å². The summed E-state index contributed by atoms with van der Waals surface area (Å²) >= 11 is 0. The summed E-state index contributed by atoms with van der Waals surface area (Å²) in [6.45, 7) is 2.89. The Kier molecular flexibility index (Phi) is 7.12. The SMILES string of the molecule is CN=C(NCCCC1CCCC1)NCCCn1cccn1. The van der Waals surface area contributed by atoms with Gasteiger partial charge in [-0.15, -0.1) is 0 Å². The molecular weight excluding hydrogens is 262 g/mol. The summed E-state index contributed by atoms with van der Waals surface area (Å²) in [6, 6.07) is 1.96. The Morgan fingerprint density at radius 2 is 2.00 bits per heavy atom. The Morgan fingerprint density at radius 1 is 1.24 bits per heavy atom. The van der Waals surface area contributed by atoms with Gasteiger partial charge in [0.05, 0.1) is 0 Å². The van der Waals surface area contributed by atoms with Gasteiger partial charge in [0.25, 0.3) is 0 Å². The van der Waals surface area contributed by atoms with Crippen LogP contribution in [0.2, 0.25) is 0 Å². The fourth-order valence-corrected chi connectivity index (χ4v) is 3.00. The van der Waals surface area contributed by atoms with Crippen molar-refractivity contribution in [3.63, 3.8) is 0 Å². The van der Waals surface area contributed by atoms with Gasteiger partial charge in [0.15, 0.2) is 5.96 Å². The highest BCUT2D eigenvalue weighted by Gasteiger charge is 2.13. The van der Waals surface area contributed by atoms with E-state index >= 15 is 0 Å². The van der Waals surface area contributed by atoms with Crippen LogP contribution in [0.5, 0.6) is 0 Å². The summed E-state index contributed by atoms with van der Waals surface area (Å²) < 4.78 is 1.96. The third kappa shape index (κ3) is 6.19. The molecule has 1 aromatic rings. The molecule has 0 saturated heterocycles. The number of aromatic nitrogens is 2. The van der Waals surface area contributed by atoms with Crippen LogP contribution in [0.1, 0.15) is 44.9 Å². The van der Waals surface area contributed by atoms with E-state index in [4.69, 9.17) is 0 Å². The Labute approximate surface area is 128 Å². The van der Waals surface area contributed by atoms with Crippen molar-refractivity contribution >= 4 is 5.96 Å². The number of nitrogens with one attached hydrogen (secondary N) is 2. The van der Waals surface area contributed by atoms with Gasteiger partial charge in [0.2, 0.25) is 0 Å². The van der Waals surface area contributed by atoms with Gasteiger partial charge in [-0.1, -0.05) is 25.7 Å². The van der Waals surface area contributed by atoms with E-state index in [2.05, 4.69) is 20.7 Å². The van der Waals surface area contributed by atoms with Crippen molar-refractivity contribution in [1.82, 2.24) is 20.4 Å². The van der Waals surface area contributed by atoms with Crippen molar-refractivity contribution in [2.75, 3.05) is 20.1 Å². The van der Waals surface area contributed by atoms with Gasteiger partial charge in [-0.2, -0.15) is 5.10 Å². The lowest BCUT2D eigenvalue weighted by Gasteiger charge is -2.13. The number of nitrogens with zero attached hydrogens (tertiary/aromatic N) is 3. The van der Waals surface area contributed by atoms with Crippen molar-refractivity contribution in [3.05, 3.63) is 18.5 Å². The van der Waals surface area contributed by atoms with Crippen LogP contribution in [0, 0.1) is 5.92 Å². The third-order valence-corrected chi connectivity index (χ3v) is 4.20. The molecule has 1 aliphatic rings. The van der Waals surface area contributed by atoms with E-state index in [0.717, 1.165) is 37.9 Å². The van der Waals surface area contributed by atoms with E-state index in [-0.39, 0.29) is 0 Å². The van der Waals surface area contributed by atoms with Crippen molar-refractivity contribution < 1.29 is 0 Å². The molecule has 1 heterocycles. The van der Waals surface area contributed by atoms with Gasteiger partial charge in [0.1, 0.15) is 0 Å². The molecule has 1 saturated carbocycles. The number of rotatable bonds is 8. The molecule has 2 N–H and O–H groups in total. The van der Waals surface area contributed by atoms with Gasteiger partial charge in [-0.3, -0.25) is 9.67 Å². The molecule has 0 aromatic carbocycles. The number of aryl methyl sites for hydroxylation is 1. The van der Waals surface area contributed by atoms with Crippen molar-refractivity contribution in [1.29, 1.82) is 0 Å². The molecule has 5 heteroatoms. The Bertz CT molecular complexity index is 393. The van der Waals surface area contributed by atoms with E-state index in [9.17, 15) is 0 Å². The van der Waals surface area contributed by atoms with Gasteiger partial charge in [-0.05, 0) is 31.2 Å². The predicted octanol–water partition coefficient (Wildman–Crippen LogP) is 2.41. The van der Waals surface area contributed by atoms with Crippen LogP contribution in [-0.2, 0) is 6.54 Å². The highest BCUT2D eigenvalue weighted by molar-refractivity contribution is 5.79. The second-order valence-corrected chi connectivity index (χ2v) is 5.84.